The summed E-state index contributed by atoms with van der Waals surface area (Å²) in [6.45, 7) is 1.49. The molecule has 0 aliphatic heterocycles. The van der Waals surface area contributed by atoms with E-state index in [1.165, 1.54) is 6.26 Å². The summed E-state index contributed by atoms with van der Waals surface area (Å²) in [5.74, 6) is 1.25. The number of benzene rings is 2. The molecule has 182 valence electrons. The summed E-state index contributed by atoms with van der Waals surface area (Å²) in [7, 11) is 4.03. The minimum atomic E-state index is -0.349. The minimum Gasteiger partial charge on any atom is -0.492 e. The molecule has 0 atom stereocenters. The van der Waals surface area contributed by atoms with E-state index in [0.717, 1.165) is 28.9 Å². The van der Waals surface area contributed by atoms with Gasteiger partial charge in [0.25, 0.3) is 5.91 Å². The lowest BCUT2D eigenvalue weighted by Gasteiger charge is -2.11. The topological polar surface area (TPSA) is 96.3 Å². The van der Waals surface area contributed by atoms with Crippen LogP contribution < -0.4 is 10.1 Å². The number of rotatable bonds is 8. The number of carbonyl (C=O) groups is 1. The molecule has 8 nitrogen and oxygen atoms in total. The Bertz CT molecular complexity index is 1490. The van der Waals surface area contributed by atoms with E-state index in [0.29, 0.717) is 34.4 Å². The number of hydrogen-bond donors (Lipinski definition) is 2. The van der Waals surface area contributed by atoms with Crippen molar-refractivity contribution < 1.29 is 13.9 Å². The quantitative estimate of drug-likeness (QED) is 0.282. The molecule has 0 fully saturated rings. The zero-order valence-corrected chi connectivity index (χ0v) is 20.5. The molecule has 0 bridgehead atoms. The average molecular weight is 502 g/mol. The Morgan fingerprint density at radius 2 is 1.94 bits per heavy atom. The molecule has 1 amide bonds. The van der Waals surface area contributed by atoms with Crippen molar-refractivity contribution in [2.24, 2.45) is 0 Å². The number of hydrogen-bond acceptors (Lipinski definition) is 6. The number of ether oxygens (including phenoxy) is 1. The molecule has 0 radical (unpaired) electrons. The lowest BCUT2D eigenvalue weighted by molar-refractivity contribution is 0.0996. The van der Waals surface area contributed by atoms with Crippen molar-refractivity contribution in [3.63, 3.8) is 0 Å². The number of halogens is 1. The number of imidazole rings is 1. The number of carbonyl (C=O) groups excluding carboxylic acids is 1. The molecular weight excluding hydrogens is 478 g/mol. The van der Waals surface area contributed by atoms with Crippen LogP contribution in [0.1, 0.15) is 10.6 Å². The smallest absolute Gasteiger partial charge is 0.291 e. The number of amides is 1. The van der Waals surface area contributed by atoms with E-state index in [-0.39, 0.29) is 11.7 Å². The van der Waals surface area contributed by atoms with Gasteiger partial charge < -0.3 is 24.4 Å². The van der Waals surface area contributed by atoms with E-state index < -0.39 is 0 Å². The predicted molar refractivity (Wildman–Crippen MR) is 140 cm³/mol. The van der Waals surface area contributed by atoms with Gasteiger partial charge in [-0.05, 0) is 68.2 Å². The lowest BCUT2D eigenvalue weighted by atomic mass is 10.1. The fraction of sp³-hybridized carbons (Fsp3) is 0.148. The SMILES string of the molecule is CN(C)CCOc1ccc(-c2cnc3nc(-c4cc(NC(=O)c5ccco5)ccc4Cl)[nH]c3c2)cc1. The van der Waals surface area contributed by atoms with Crippen molar-refractivity contribution in [1.82, 2.24) is 19.9 Å². The third-order valence-electron chi connectivity index (χ3n) is 5.56. The Balaban J connectivity index is 1.36. The van der Waals surface area contributed by atoms with Crippen LogP contribution >= 0.6 is 11.6 Å². The highest BCUT2D eigenvalue weighted by Crippen LogP contribution is 2.31. The third kappa shape index (κ3) is 5.25. The van der Waals surface area contributed by atoms with Crippen LogP contribution in [-0.4, -0.2) is 53.0 Å². The molecule has 36 heavy (non-hydrogen) atoms. The molecule has 3 aromatic heterocycles. The number of nitrogens with zero attached hydrogens (tertiary/aromatic N) is 3. The summed E-state index contributed by atoms with van der Waals surface area (Å²) in [6, 6.07) is 18.4. The van der Waals surface area contributed by atoms with Gasteiger partial charge in [0, 0.05) is 29.6 Å². The first-order valence-electron chi connectivity index (χ1n) is 11.3. The van der Waals surface area contributed by atoms with E-state index in [1.54, 1.807) is 36.5 Å². The molecule has 0 spiro atoms. The zero-order chi connectivity index (χ0) is 25.1. The maximum absolute atomic E-state index is 12.3. The van der Waals surface area contributed by atoms with Gasteiger partial charge in [-0.25, -0.2) is 9.97 Å². The van der Waals surface area contributed by atoms with Crippen LogP contribution in [-0.2, 0) is 0 Å². The molecule has 5 rings (SSSR count). The summed E-state index contributed by atoms with van der Waals surface area (Å²) in [4.78, 5) is 26.8. The van der Waals surface area contributed by atoms with Gasteiger partial charge in [0.15, 0.2) is 11.4 Å². The van der Waals surface area contributed by atoms with Crippen LogP contribution in [0.25, 0.3) is 33.7 Å². The van der Waals surface area contributed by atoms with Gasteiger partial charge in [-0.3, -0.25) is 4.79 Å². The van der Waals surface area contributed by atoms with Gasteiger partial charge in [-0.1, -0.05) is 23.7 Å². The average Bonchev–Trinajstić information content (AvgIpc) is 3.55. The number of pyridine rings is 1. The lowest BCUT2D eigenvalue weighted by Crippen LogP contribution is -2.19. The number of aromatic nitrogens is 3. The third-order valence-corrected chi connectivity index (χ3v) is 5.89. The molecule has 0 saturated carbocycles. The van der Waals surface area contributed by atoms with E-state index >= 15 is 0 Å². The highest BCUT2D eigenvalue weighted by molar-refractivity contribution is 6.33. The first-order chi connectivity index (χ1) is 17.5. The Morgan fingerprint density at radius 1 is 1.11 bits per heavy atom. The van der Waals surface area contributed by atoms with Crippen molar-refractivity contribution in [2.75, 3.05) is 32.6 Å². The fourth-order valence-corrected chi connectivity index (χ4v) is 3.87. The van der Waals surface area contributed by atoms with Gasteiger partial charge in [0.2, 0.25) is 0 Å². The molecule has 0 aliphatic rings. The molecule has 3 heterocycles. The highest BCUT2D eigenvalue weighted by Gasteiger charge is 2.14. The first-order valence-corrected chi connectivity index (χ1v) is 11.7. The van der Waals surface area contributed by atoms with Crippen LogP contribution in [0, 0.1) is 0 Å². The Labute approximate surface area is 212 Å². The second-order valence-electron chi connectivity index (χ2n) is 8.48. The number of aromatic amines is 1. The van der Waals surface area contributed by atoms with Gasteiger partial charge in [0.05, 0.1) is 16.8 Å². The Morgan fingerprint density at radius 3 is 2.69 bits per heavy atom. The van der Waals surface area contributed by atoms with Crippen LogP contribution in [0.15, 0.2) is 77.5 Å². The summed E-state index contributed by atoms with van der Waals surface area (Å²) < 4.78 is 10.9. The van der Waals surface area contributed by atoms with Crippen molar-refractivity contribution in [3.8, 4) is 28.3 Å². The van der Waals surface area contributed by atoms with E-state index in [2.05, 4.69) is 25.2 Å². The second kappa shape index (κ2) is 10.2. The summed E-state index contributed by atoms with van der Waals surface area (Å²) in [5.41, 5.74) is 4.52. The number of likely N-dealkylation sites (N-methyl/N-ethyl adjacent to an activating group) is 1. The second-order valence-corrected chi connectivity index (χ2v) is 8.89. The highest BCUT2D eigenvalue weighted by atomic mass is 35.5. The van der Waals surface area contributed by atoms with E-state index in [4.69, 9.17) is 20.8 Å². The number of nitrogens with one attached hydrogen (secondary N) is 2. The molecule has 0 unspecified atom stereocenters. The molecule has 2 aromatic carbocycles. The maximum Gasteiger partial charge on any atom is 0.291 e. The minimum absolute atomic E-state index is 0.222. The fourth-order valence-electron chi connectivity index (χ4n) is 3.66. The van der Waals surface area contributed by atoms with Gasteiger partial charge in [-0.2, -0.15) is 0 Å². The van der Waals surface area contributed by atoms with E-state index in [1.807, 2.05) is 44.4 Å². The summed E-state index contributed by atoms with van der Waals surface area (Å²) in [6.07, 6.45) is 3.24. The molecule has 0 aliphatic carbocycles. The van der Waals surface area contributed by atoms with Crippen molar-refractivity contribution >= 4 is 34.4 Å². The molecule has 0 saturated heterocycles. The van der Waals surface area contributed by atoms with Crippen LogP contribution in [0.4, 0.5) is 5.69 Å². The van der Waals surface area contributed by atoms with E-state index in [9.17, 15) is 4.79 Å². The van der Waals surface area contributed by atoms with Gasteiger partial charge in [-0.15, -0.1) is 0 Å². The predicted octanol–water partition coefficient (Wildman–Crippen LogP) is 5.73. The monoisotopic (exact) mass is 501 g/mol. The van der Waals surface area contributed by atoms with Gasteiger partial charge >= 0.3 is 0 Å². The van der Waals surface area contributed by atoms with Crippen LogP contribution in [0.2, 0.25) is 5.02 Å². The van der Waals surface area contributed by atoms with Crippen molar-refractivity contribution in [1.29, 1.82) is 0 Å². The number of anilines is 1. The zero-order valence-electron chi connectivity index (χ0n) is 19.8. The Kier molecular flexibility index (Phi) is 6.71. The standard InChI is InChI=1S/C27H24ClN5O3/c1-33(2)11-13-35-20-8-5-17(6-9-20)18-14-23-26(29-16-18)32-25(31-23)21-15-19(7-10-22(21)28)30-27(34)24-4-3-12-36-24/h3-10,12,14-16H,11,13H2,1-2H3,(H,30,34)(H,29,31,32). The molecular formula is C27H24ClN5O3. The summed E-state index contributed by atoms with van der Waals surface area (Å²) in [5, 5.41) is 3.30. The first kappa shape index (κ1) is 23.6. The van der Waals surface area contributed by atoms with Crippen molar-refractivity contribution in [2.45, 2.75) is 0 Å². The summed E-state index contributed by atoms with van der Waals surface area (Å²) >= 11 is 6.46. The molecule has 2 N–H and O–H groups in total. The normalized spacial score (nSPS) is 11.2. The van der Waals surface area contributed by atoms with Crippen molar-refractivity contribution in [3.05, 3.63) is 83.9 Å². The molecule has 5 aromatic rings. The Hall–Kier alpha value is -4.14. The number of fused-ring (bicyclic) bond motifs is 1. The van der Waals surface area contributed by atoms with Crippen LogP contribution in [0.5, 0.6) is 5.75 Å². The largest absolute Gasteiger partial charge is 0.492 e. The van der Waals surface area contributed by atoms with Gasteiger partial charge in [0.1, 0.15) is 18.2 Å². The number of furan rings is 1. The number of H-pyrrole nitrogens is 1. The molecule has 9 heteroatoms. The van der Waals surface area contributed by atoms with Crippen LogP contribution in [0.3, 0.4) is 0 Å². The maximum atomic E-state index is 12.3.